The highest BCUT2D eigenvalue weighted by atomic mass is 19.1. The second-order valence-electron chi connectivity index (χ2n) is 9.70. The number of hydrogen-bond donors (Lipinski definition) is 3. The van der Waals surface area contributed by atoms with Gasteiger partial charge >= 0.3 is 0 Å². The van der Waals surface area contributed by atoms with E-state index >= 15 is 0 Å². The van der Waals surface area contributed by atoms with E-state index in [0.717, 1.165) is 6.07 Å². The van der Waals surface area contributed by atoms with E-state index < -0.39 is 11.7 Å². The van der Waals surface area contributed by atoms with Crippen LogP contribution in [-0.2, 0) is 6.54 Å². The molecule has 5 rings (SSSR count). The van der Waals surface area contributed by atoms with Crippen molar-refractivity contribution in [2.24, 2.45) is 0 Å². The van der Waals surface area contributed by atoms with Gasteiger partial charge in [-0.15, -0.1) is 0 Å². The summed E-state index contributed by atoms with van der Waals surface area (Å²) in [6.45, 7) is 1.14. The summed E-state index contributed by atoms with van der Waals surface area (Å²) in [5.74, 6) is -1.67. The van der Waals surface area contributed by atoms with E-state index in [1.807, 2.05) is 10.8 Å². The Balaban J connectivity index is 1.52. The molecule has 0 fully saturated rings. The molecule has 11 heteroatoms. The van der Waals surface area contributed by atoms with Crippen molar-refractivity contribution in [3.63, 3.8) is 0 Å². The molecule has 0 saturated carbocycles. The number of aromatic nitrogens is 3. The summed E-state index contributed by atoms with van der Waals surface area (Å²) in [7, 11) is 1.43. The molecule has 5 aromatic rings. The van der Waals surface area contributed by atoms with Crippen molar-refractivity contribution in [1.82, 2.24) is 19.9 Å². The number of nitrogens with zero attached hydrogens (tertiary/aromatic N) is 4. The summed E-state index contributed by atoms with van der Waals surface area (Å²) in [6, 6.07) is 20.4. The molecule has 3 N–H and O–H groups in total. The van der Waals surface area contributed by atoms with E-state index in [4.69, 9.17) is 4.74 Å². The molecule has 10 nitrogen and oxygen atoms in total. The Morgan fingerprint density at radius 1 is 1.05 bits per heavy atom. The number of phenols is 1. The van der Waals surface area contributed by atoms with E-state index in [-0.39, 0.29) is 39.9 Å². The fourth-order valence-corrected chi connectivity index (χ4v) is 4.66. The molecule has 220 valence electrons. The van der Waals surface area contributed by atoms with Crippen LogP contribution in [0.4, 0.5) is 10.2 Å². The Kier molecular flexibility index (Phi) is 8.91. The van der Waals surface area contributed by atoms with Crippen molar-refractivity contribution >= 4 is 17.6 Å². The number of nitriles is 1. The molecule has 0 saturated heterocycles. The summed E-state index contributed by atoms with van der Waals surface area (Å²) in [4.78, 5) is 34.8. The molecule has 0 atom stereocenters. The lowest BCUT2D eigenvalue weighted by molar-refractivity contribution is 0.0951. The number of methoxy groups -OCH3 is 1. The molecule has 2 heterocycles. The van der Waals surface area contributed by atoms with Gasteiger partial charge in [0.25, 0.3) is 11.8 Å². The van der Waals surface area contributed by atoms with Crippen LogP contribution in [0.3, 0.4) is 0 Å². The molecular formula is C33H27FN6O4. The van der Waals surface area contributed by atoms with Gasteiger partial charge in [-0.05, 0) is 54.4 Å². The van der Waals surface area contributed by atoms with Crippen LogP contribution in [0.2, 0.25) is 0 Å². The predicted molar refractivity (Wildman–Crippen MR) is 162 cm³/mol. The second kappa shape index (κ2) is 13.3. The zero-order valence-corrected chi connectivity index (χ0v) is 23.6. The maximum Gasteiger partial charge on any atom is 0.260 e. The molecule has 2 aromatic heterocycles. The van der Waals surface area contributed by atoms with Gasteiger partial charge in [0.2, 0.25) is 0 Å². The van der Waals surface area contributed by atoms with Gasteiger partial charge in [-0.1, -0.05) is 24.3 Å². The molecule has 44 heavy (non-hydrogen) atoms. The van der Waals surface area contributed by atoms with Gasteiger partial charge in [-0.3, -0.25) is 9.59 Å². The zero-order valence-electron chi connectivity index (χ0n) is 23.6. The Hall–Kier alpha value is -6.02. The normalized spacial score (nSPS) is 10.6. The summed E-state index contributed by atoms with van der Waals surface area (Å²) in [6.07, 6.45) is 5.95. The minimum atomic E-state index is -0.645. The van der Waals surface area contributed by atoms with E-state index in [0.29, 0.717) is 42.0 Å². The molecular weight excluding hydrogens is 563 g/mol. The molecule has 3 aromatic carbocycles. The third kappa shape index (κ3) is 6.55. The quantitative estimate of drug-likeness (QED) is 0.185. The predicted octanol–water partition coefficient (Wildman–Crippen LogP) is 5.41. The molecule has 0 aliphatic heterocycles. The fourth-order valence-electron chi connectivity index (χ4n) is 4.66. The number of para-hydroxylation sites is 1. The second-order valence-corrected chi connectivity index (χ2v) is 9.70. The number of anilines is 1. The van der Waals surface area contributed by atoms with Crippen LogP contribution in [0.5, 0.6) is 11.5 Å². The van der Waals surface area contributed by atoms with Crippen LogP contribution in [-0.4, -0.2) is 45.1 Å². The van der Waals surface area contributed by atoms with Gasteiger partial charge in [0.1, 0.15) is 28.9 Å². The van der Waals surface area contributed by atoms with E-state index in [9.17, 15) is 24.3 Å². The third-order valence-corrected chi connectivity index (χ3v) is 6.82. The number of carbonyl (C=O) groups excluding carboxylic acids is 2. The van der Waals surface area contributed by atoms with Gasteiger partial charge < -0.3 is 25.0 Å². The highest BCUT2D eigenvalue weighted by Crippen LogP contribution is 2.36. The molecule has 0 aliphatic rings. The number of aromatic hydroxyl groups is 1. The van der Waals surface area contributed by atoms with Crippen molar-refractivity contribution in [1.29, 1.82) is 5.26 Å². The number of pyridine rings is 1. The number of benzene rings is 3. The SMILES string of the molecule is COc1ccccc1C(=O)Nc1nc(-c2ccc(F)cc2O)cc(-c2cccc(C(=O)NCCCn3ccnc3)c2)c1C#N. The van der Waals surface area contributed by atoms with Crippen molar-refractivity contribution < 1.29 is 23.8 Å². The minimum Gasteiger partial charge on any atom is -0.507 e. The Bertz CT molecular complexity index is 1870. The number of rotatable bonds is 10. The molecule has 2 amide bonds. The molecule has 0 bridgehead atoms. The molecule has 0 radical (unpaired) electrons. The van der Waals surface area contributed by atoms with Crippen LogP contribution < -0.4 is 15.4 Å². The van der Waals surface area contributed by atoms with E-state index in [1.165, 1.54) is 19.2 Å². The number of carbonyl (C=O) groups is 2. The topological polar surface area (TPSA) is 142 Å². The summed E-state index contributed by atoms with van der Waals surface area (Å²) < 4.78 is 21.0. The Morgan fingerprint density at radius 3 is 2.64 bits per heavy atom. The first kappa shape index (κ1) is 29.5. The first-order valence-corrected chi connectivity index (χ1v) is 13.6. The number of nitrogens with one attached hydrogen (secondary N) is 2. The number of halogens is 1. The fraction of sp³-hybridized carbons (Fsp3) is 0.121. The Labute approximate surface area is 252 Å². The maximum atomic E-state index is 13.8. The largest absolute Gasteiger partial charge is 0.507 e. The molecule has 0 unspecified atom stereocenters. The average molecular weight is 591 g/mol. The van der Waals surface area contributed by atoms with Gasteiger partial charge in [0, 0.05) is 48.2 Å². The maximum absolute atomic E-state index is 13.8. The van der Waals surface area contributed by atoms with Crippen LogP contribution in [0, 0.1) is 17.1 Å². The highest BCUT2D eigenvalue weighted by molar-refractivity contribution is 6.07. The van der Waals surface area contributed by atoms with Gasteiger partial charge in [-0.2, -0.15) is 5.26 Å². The van der Waals surface area contributed by atoms with Crippen LogP contribution in [0.15, 0.2) is 91.5 Å². The number of amides is 2. The number of aryl methyl sites for hydroxylation is 1. The monoisotopic (exact) mass is 590 g/mol. The van der Waals surface area contributed by atoms with Crippen LogP contribution in [0.25, 0.3) is 22.4 Å². The number of imidazole rings is 1. The summed E-state index contributed by atoms with van der Waals surface area (Å²) in [5, 5.41) is 26.4. The average Bonchev–Trinajstić information content (AvgIpc) is 3.56. The van der Waals surface area contributed by atoms with Crippen LogP contribution >= 0.6 is 0 Å². The van der Waals surface area contributed by atoms with Crippen molar-refractivity contribution in [2.75, 3.05) is 19.0 Å². The van der Waals surface area contributed by atoms with Crippen molar-refractivity contribution in [3.8, 4) is 40.0 Å². The van der Waals surface area contributed by atoms with Crippen LogP contribution in [0.1, 0.15) is 32.7 Å². The molecule has 0 spiro atoms. The first-order valence-electron chi connectivity index (χ1n) is 13.6. The lowest BCUT2D eigenvalue weighted by atomic mass is 9.96. The Morgan fingerprint density at radius 2 is 1.89 bits per heavy atom. The van der Waals surface area contributed by atoms with Crippen molar-refractivity contribution in [3.05, 3.63) is 114 Å². The van der Waals surface area contributed by atoms with E-state index in [2.05, 4.69) is 26.7 Å². The van der Waals surface area contributed by atoms with Gasteiger partial charge in [0.15, 0.2) is 5.82 Å². The summed E-state index contributed by atoms with van der Waals surface area (Å²) >= 11 is 0. The summed E-state index contributed by atoms with van der Waals surface area (Å²) in [5.41, 5.74) is 1.77. The van der Waals surface area contributed by atoms with Gasteiger partial charge in [0.05, 0.1) is 24.7 Å². The first-order chi connectivity index (χ1) is 21.4. The number of ether oxygens (including phenoxy) is 1. The molecule has 0 aliphatic carbocycles. The van der Waals surface area contributed by atoms with Gasteiger partial charge in [-0.25, -0.2) is 14.4 Å². The number of hydrogen-bond acceptors (Lipinski definition) is 7. The lowest BCUT2D eigenvalue weighted by Crippen LogP contribution is -2.25. The smallest absolute Gasteiger partial charge is 0.260 e. The third-order valence-electron chi connectivity index (χ3n) is 6.82. The standard InChI is InChI=1S/C33H27FN6O4/c1-44-30-9-3-2-8-25(30)33(43)39-31-27(19-35)26(18-28(38-31)24-11-10-23(34)17-29(24)41)21-6-4-7-22(16-21)32(42)37-12-5-14-40-15-13-36-20-40/h2-4,6-11,13,15-18,20,41H,5,12,14H2,1H3,(H,37,42)(H,38,39,43). The number of phenolic OH excluding ortho intramolecular Hbond substituents is 1. The zero-order chi connectivity index (χ0) is 31.1. The minimum absolute atomic E-state index is 0.0245. The van der Waals surface area contributed by atoms with E-state index in [1.54, 1.807) is 67.1 Å². The van der Waals surface area contributed by atoms with Crippen molar-refractivity contribution in [2.45, 2.75) is 13.0 Å². The lowest BCUT2D eigenvalue weighted by Gasteiger charge is -2.15. The highest BCUT2D eigenvalue weighted by Gasteiger charge is 2.21.